The first-order valence-corrected chi connectivity index (χ1v) is 6.99. The third-order valence-corrected chi connectivity index (χ3v) is 3.66. The molecule has 0 spiro atoms. The fourth-order valence-corrected chi connectivity index (χ4v) is 2.53. The molecule has 1 heterocycles. The van der Waals surface area contributed by atoms with Crippen molar-refractivity contribution in [3.05, 3.63) is 23.8 Å². The van der Waals surface area contributed by atoms with Gasteiger partial charge in [-0.15, -0.1) is 0 Å². The molecule has 4 heteroatoms. The van der Waals surface area contributed by atoms with Gasteiger partial charge < -0.3 is 19.8 Å². The second-order valence-electron chi connectivity index (χ2n) is 5.09. The number of hydrogen-bond donors (Lipinski definition) is 2. The van der Waals surface area contributed by atoms with Gasteiger partial charge in [0.25, 0.3) is 0 Å². The molecule has 0 aromatic heterocycles. The van der Waals surface area contributed by atoms with Gasteiger partial charge in [0.2, 0.25) is 0 Å². The number of phenolic OH excluding ortho intramolecular Hbond substituents is 1. The molecule has 1 aromatic rings. The molecule has 2 N–H and O–H groups in total. The molecule has 19 heavy (non-hydrogen) atoms. The molecule has 1 aromatic carbocycles. The Hall–Kier alpha value is -1.26. The quantitative estimate of drug-likeness (QED) is 0.858. The number of aromatic hydroxyl groups is 1. The molecule has 2 atom stereocenters. The van der Waals surface area contributed by atoms with Crippen molar-refractivity contribution in [3.63, 3.8) is 0 Å². The number of nitrogens with zero attached hydrogens (tertiary/aromatic N) is 1. The molecule has 0 aliphatic carbocycles. The van der Waals surface area contributed by atoms with Crippen LogP contribution in [0.4, 0.5) is 5.69 Å². The third-order valence-electron chi connectivity index (χ3n) is 3.66. The molecule has 1 fully saturated rings. The zero-order chi connectivity index (χ0) is 13.8. The highest BCUT2D eigenvalue weighted by atomic mass is 16.5. The lowest BCUT2D eigenvalue weighted by Gasteiger charge is -2.26. The first kappa shape index (κ1) is 14.2. The van der Waals surface area contributed by atoms with Crippen molar-refractivity contribution in [2.75, 3.05) is 24.6 Å². The molecule has 1 aliphatic heterocycles. The lowest BCUT2D eigenvalue weighted by Crippen LogP contribution is -2.31. The van der Waals surface area contributed by atoms with Crippen LogP contribution in [0.3, 0.4) is 0 Å². The highest BCUT2D eigenvalue weighted by Gasteiger charge is 2.19. The van der Waals surface area contributed by atoms with E-state index in [1.54, 1.807) is 19.1 Å². The highest BCUT2D eigenvalue weighted by Crippen LogP contribution is 2.29. The van der Waals surface area contributed by atoms with E-state index in [2.05, 4.69) is 11.8 Å². The summed E-state index contributed by atoms with van der Waals surface area (Å²) in [6, 6.07) is 5.45. The summed E-state index contributed by atoms with van der Waals surface area (Å²) in [5.74, 6) is 0.151. The van der Waals surface area contributed by atoms with Crippen molar-refractivity contribution in [1.82, 2.24) is 0 Å². The van der Waals surface area contributed by atoms with Crippen molar-refractivity contribution in [1.29, 1.82) is 0 Å². The van der Waals surface area contributed by atoms with Crippen LogP contribution in [-0.4, -0.2) is 36.0 Å². The number of aliphatic hydroxyl groups is 1. The van der Waals surface area contributed by atoms with Gasteiger partial charge >= 0.3 is 0 Å². The largest absolute Gasteiger partial charge is 0.507 e. The topological polar surface area (TPSA) is 52.9 Å². The number of aliphatic hydroxyl groups excluding tert-OH is 1. The second kappa shape index (κ2) is 6.26. The summed E-state index contributed by atoms with van der Waals surface area (Å²) in [5, 5.41) is 19.5. The smallest absolute Gasteiger partial charge is 0.123 e. The summed E-state index contributed by atoms with van der Waals surface area (Å²) < 4.78 is 5.65. The Bertz CT molecular complexity index is 414. The minimum Gasteiger partial charge on any atom is -0.507 e. The molecule has 1 aliphatic rings. The van der Waals surface area contributed by atoms with Crippen LogP contribution in [-0.2, 0) is 4.74 Å². The highest BCUT2D eigenvalue weighted by molar-refractivity contribution is 5.53. The van der Waals surface area contributed by atoms with Crippen LogP contribution in [0.5, 0.6) is 5.75 Å². The Morgan fingerprint density at radius 3 is 2.79 bits per heavy atom. The predicted molar refractivity (Wildman–Crippen MR) is 75.6 cm³/mol. The Morgan fingerprint density at radius 2 is 2.26 bits per heavy atom. The van der Waals surface area contributed by atoms with Crippen molar-refractivity contribution < 1.29 is 14.9 Å². The molecule has 106 valence electrons. The molecule has 0 saturated carbocycles. The minimum absolute atomic E-state index is 0.151. The summed E-state index contributed by atoms with van der Waals surface area (Å²) in [6.45, 7) is 6.32. The summed E-state index contributed by atoms with van der Waals surface area (Å²) in [4.78, 5) is 2.20. The average molecular weight is 265 g/mol. The van der Waals surface area contributed by atoms with Gasteiger partial charge in [-0.3, -0.25) is 0 Å². The Labute approximate surface area is 114 Å². The van der Waals surface area contributed by atoms with E-state index in [0.29, 0.717) is 11.7 Å². The lowest BCUT2D eigenvalue weighted by atomic mass is 10.1. The van der Waals surface area contributed by atoms with E-state index in [-0.39, 0.29) is 5.75 Å². The second-order valence-corrected chi connectivity index (χ2v) is 5.09. The summed E-state index contributed by atoms with van der Waals surface area (Å²) in [5.41, 5.74) is 1.54. The monoisotopic (exact) mass is 265 g/mol. The Kier molecular flexibility index (Phi) is 4.66. The van der Waals surface area contributed by atoms with Crippen LogP contribution in [0.25, 0.3) is 0 Å². The van der Waals surface area contributed by atoms with Gasteiger partial charge in [0.15, 0.2) is 0 Å². The maximum absolute atomic E-state index is 9.95. The number of benzene rings is 1. The van der Waals surface area contributed by atoms with Crippen molar-refractivity contribution in [2.24, 2.45) is 0 Å². The molecule has 2 unspecified atom stereocenters. The number of hydrogen-bond acceptors (Lipinski definition) is 4. The van der Waals surface area contributed by atoms with Gasteiger partial charge in [-0.1, -0.05) is 6.07 Å². The van der Waals surface area contributed by atoms with Crippen molar-refractivity contribution in [2.45, 2.75) is 38.9 Å². The molecule has 0 bridgehead atoms. The van der Waals surface area contributed by atoms with E-state index in [4.69, 9.17) is 4.74 Å². The van der Waals surface area contributed by atoms with E-state index in [1.807, 2.05) is 6.07 Å². The van der Waals surface area contributed by atoms with E-state index in [1.165, 1.54) is 0 Å². The maximum atomic E-state index is 9.95. The van der Waals surface area contributed by atoms with Gasteiger partial charge in [0.1, 0.15) is 5.75 Å². The van der Waals surface area contributed by atoms with E-state index in [9.17, 15) is 10.2 Å². The van der Waals surface area contributed by atoms with E-state index >= 15 is 0 Å². The summed E-state index contributed by atoms with van der Waals surface area (Å²) in [7, 11) is 0. The zero-order valence-corrected chi connectivity index (χ0v) is 11.7. The van der Waals surface area contributed by atoms with Crippen LogP contribution < -0.4 is 4.90 Å². The van der Waals surface area contributed by atoms with Crippen molar-refractivity contribution >= 4 is 5.69 Å². The number of likely N-dealkylation sites (N-methyl/N-ethyl adjacent to an activating group) is 1. The average Bonchev–Trinajstić information content (AvgIpc) is 2.88. The SMILES string of the molecule is CCN(CC1CCCO1)c1ccc(C(C)O)c(O)c1. The van der Waals surface area contributed by atoms with Crippen LogP contribution >= 0.6 is 0 Å². The van der Waals surface area contributed by atoms with Gasteiger partial charge in [-0.2, -0.15) is 0 Å². The number of ether oxygens (including phenoxy) is 1. The molecule has 1 saturated heterocycles. The standard InChI is InChI=1S/C15H23NO3/c1-3-16(10-13-5-4-8-19-13)12-6-7-14(11(2)17)15(18)9-12/h6-7,9,11,13,17-18H,3-5,8,10H2,1-2H3. The van der Waals surface area contributed by atoms with Crippen LogP contribution in [0, 0.1) is 0 Å². The minimum atomic E-state index is -0.651. The Morgan fingerprint density at radius 1 is 1.47 bits per heavy atom. The van der Waals surface area contributed by atoms with Crippen molar-refractivity contribution in [3.8, 4) is 5.75 Å². The molecule has 0 radical (unpaired) electrons. The Balaban J connectivity index is 2.11. The van der Waals surface area contributed by atoms with Gasteiger partial charge in [-0.25, -0.2) is 0 Å². The van der Waals surface area contributed by atoms with Gasteiger partial charge in [0.05, 0.1) is 12.2 Å². The third kappa shape index (κ3) is 3.39. The fourth-order valence-electron chi connectivity index (χ4n) is 2.53. The zero-order valence-electron chi connectivity index (χ0n) is 11.7. The maximum Gasteiger partial charge on any atom is 0.123 e. The lowest BCUT2D eigenvalue weighted by molar-refractivity contribution is 0.115. The summed E-state index contributed by atoms with van der Waals surface area (Å²) >= 11 is 0. The molecule has 0 amide bonds. The molecular formula is C15H23NO3. The number of phenols is 1. The number of anilines is 1. The first-order chi connectivity index (χ1) is 9.11. The van der Waals surface area contributed by atoms with Crippen LogP contribution in [0.15, 0.2) is 18.2 Å². The predicted octanol–water partition coefficient (Wildman–Crippen LogP) is 2.45. The van der Waals surface area contributed by atoms with Gasteiger partial charge in [-0.05, 0) is 32.8 Å². The first-order valence-electron chi connectivity index (χ1n) is 6.99. The summed E-state index contributed by atoms with van der Waals surface area (Å²) in [6.07, 6.45) is 1.88. The molecule has 2 rings (SSSR count). The van der Waals surface area contributed by atoms with E-state index < -0.39 is 6.10 Å². The molecular weight excluding hydrogens is 242 g/mol. The normalized spacial score (nSPS) is 20.5. The molecule has 4 nitrogen and oxygen atoms in total. The number of rotatable bonds is 5. The van der Waals surface area contributed by atoms with Crippen LogP contribution in [0.1, 0.15) is 38.4 Å². The van der Waals surface area contributed by atoms with Gasteiger partial charge in [0, 0.05) is 37.0 Å². The van der Waals surface area contributed by atoms with E-state index in [0.717, 1.165) is 38.2 Å². The van der Waals surface area contributed by atoms with Crippen LogP contribution in [0.2, 0.25) is 0 Å². The fraction of sp³-hybridized carbons (Fsp3) is 0.600.